The Morgan fingerprint density at radius 1 is 1.35 bits per heavy atom. The van der Waals surface area contributed by atoms with Crippen LogP contribution in [0.15, 0.2) is 35.0 Å². The molecule has 1 heterocycles. The van der Waals surface area contributed by atoms with Crippen molar-refractivity contribution < 1.29 is 9.90 Å². The second-order valence-corrected chi connectivity index (χ2v) is 5.57. The highest BCUT2D eigenvalue weighted by atomic mass is 35.5. The van der Waals surface area contributed by atoms with E-state index in [-0.39, 0.29) is 11.6 Å². The van der Waals surface area contributed by atoms with E-state index >= 15 is 0 Å². The molecule has 0 radical (unpaired) electrons. The summed E-state index contributed by atoms with van der Waals surface area (Å²) in [6, 6.07) is 6.31. The van der Waals surface area contributed by atoms with Gasteiger partial charge in [-0.05, 0) is 34.5 Å². The fourth-order valence-electron chi connectivity index (χ4n) is 1.54. The maximum absolute atomic E-state index is 11.7. The van der Waals surface area contributed by atoms with Crippen LogP contribution in [0.2, 0.25) is 10.0 Å². The van der Waals surface area contributed by atoms with Crippen molar-refractivity contribution in [3.05, 3.63) is 50.6 Å². The molecule has 4 nitrogen and oxygen atoms in total. The third-order valence-corrected chi connectivity index (χ3v) is 4.10. The molecule has 3 N–H and O–H groups in total. The normalized spacial score (nSPS) is 11.9. The van der Waals surface area contributed by atoms with Crippen molar-refractivity contribution in [3.63, 3.8) is 0 Å². The van der Waals surface area contributed by atoms with Crippen LogP contribution < -0.4 is 10.6 Å². The number of amides is 2. The van der Waals surface area contributed by atoms with Crippen LogP contribution >= 0.6 is 34.5 Å². The van der Waals surface area contributed by atoms with Gasteiger partial charge in [-0.15, -0.1) is 0 Å². The van der Waals surface area contributed by atoms with E-state index in [1.807, 2.05) is 16.8 Å². The van der Waals surface area contributed by atoms with Crippen molar-refractivity contribution in [2.24, 2.45) is 0 Å². The molecule has 106 valence electrons. The number of anilines is 1. The van der Waals surface area contributed by atoms with E-state index in [4.69, 9.17) is 23.2 Å². The molecular weight excluding hydrogens is 319 g/mol. The largest absolute Gasteiger partial charge is 0.387 e. The molecule has 0 saturated heterocycles. The Morgan fingerprint density at radius 3 is 2.85 bits per heavy atom. The van der Waals surface area contributed by atoms with Gasteiger partial charge < -0.3 is 15.7 Å². The summed E-state index contributed by atoms with van der Waals surface area (Å²) in [5.74, 6) is 0. The van der Waals surface area contributed by atoms with Crippen LogP contribution in [0.5, 0.6) is 0 Å². The average Bonchev–Trinajstić information content (AvgIpc) is 2.95. The van der Waals surface area contributed by atoms with E-state index in [1.54, 1.807) is 18.2 Å². The first kappa shape index (κ1) is 15.1. The van der Waals surface area contributed by atoms with Crippen molar-refractivity contribution >= 4 is 46.3 Å². The average molecular weight is 331 g/mol. The minimum atomic E-state index is -0.734. The van der Waals surface area contributed by atoms with Crippen molar-refractivity contribution in [2.45, 2.75) is 6.10 Å². The van der Waals surface area contributed by atoms with Gasteiger partial charge in [0, 0.05) is 6.54 Å². The summed E-state index contributed by atoms with van der Waals surface area (Å²) in [5, 5.41) is 19.3. The molecule has 20 heavy (non-hydrogen) atoms. The Hall–Kier alpha value is -1.27. The van der Waals surface area contributed by atoms with E-state index < -0.39 is 12.1 Å². The molecule has 0 aliphatic heterocycles. The number of carbonyl (C=O) groups excluding carboxylic acids is 1. The monoisotopic (exact) mass is 330 g/mol. The molecule has 1 aromatic heterocycles. The summed E-state index contributed by atoms with van der Waals surface area (Å²) in [7, 11) is 0. The lowest BCUT2D eigenvalue weighted by molar-refractivity contribution is 0.175. The highest BCUT2D eigenvalue weighted by Crippen LogP contribution is 2.29. The van der Waals surface area contributed by atoms with Gasteiger partial charge in [-0.2, -0.15) is 11.3 Å². The molecule has 1 aromatic carbocycles. The first-order valence-electron chi connectivity index (χ1n) is 5.77. The number of hydrogen-bond acceptors (Lipinski definition) is 3. The van der Waals surface area contributed by atoms with Gasteiger partial charge in [0.15, 0.2) is 0 Å². The number of hydrogen-bond donors (Lipinski definition) is 3. The number of aliphatic hydroxyl groups is 1. The summed E-state index contributed by atoms with van der Waals surface area (Å²) in [5.41, 5.74) is 1.19. The predicted octanol–water partition coefficient (Wildman–Crippen LogP) is 3.91. The van der Waals surface area contributed by atoms with Crippen molar-refractivity contribution in [1.29, 1.82) is 0 Å². The first-order valence-corrected chi connectivity index (χ1v) is 7.47. The summed E-state index contributed by atoms with van der Waals surface area (Å²) >= 11 is 13.3. The van der Waals surface area contributed by atoms with E-state index in [0.29, 0.717) is 10.7 Å². The van der Waals surface area contributed by atoms with Crippen LogP contribution in [0.3, 0.4) is 0 Å². The fraction of sp³-hybridized carbons (Fsp3) is 0.154. The first-order chi connectivity index (χ1) is 9.58. The van der Waals surface area contributed by atoms with Gasteiger partial charge in [0.2, 0.25) is 0 Å². The summed E-state index contributed by atoms with van der Waals surface area (Å²) in [4.78, 5) is 11.7. The zero-order chi connectivity index (χ0) is 14.5. The second kappa shape index (κ2) is 6.95. The summed E-state index contributed by atoms with van der Waals surface area (Å²) in [6.07, 6.45) is -0.734. The molecule has 0 aliphatic rings. The third-order valence-electron chi connectivity index (χ3n) is 2.58. The van der Waals surface area contributed by atoms with Crippen molar-refractivity contribution in [1.82, 2.24) is 5.32 Å². The van der Waals surface area contributed by atoms with Crippen LogP contribution in [0.25, 0.3) is 0 Å². The van der Waals surface area contributed by atoms with Gasteiger partial charge in [0.05, 0.1) is 21.8 Å². The van der Waals surface area contributed by atoms with Gasteiger partial charge in [-0.25, -0.2) is 4.79 Å². The zero-order valence-electron chi connectivity index (χ0n) is 10.3. The Labute approximate surface area is 130 Å². The number of aliphatic hydroxyl groups excluding tert-OH is 1. The van der Waals surface area contributed by atoms with E-state index in [2.05, 4.69) is 10.6 Å². The van der Waals surface area contributed by atoms with Gasteiger partial charge in [-0.3, -0.25) is 0 Å². The molecule has 7 heteroatoms. The molecule has 0 bridgehead atoms. The maximum Gasteiger partial charge on any atom is 0.319 e. The Kier molecular flexibility index (Phi) is 5.25. The highest BCUT2D eigenvalue weighted by molar-refractivity contribution is 7.07. The Morgan fingerprint density at radius 2 is 2.15 bits per heavy atom. The number of rotatable bonds is 4. The summed E-state index contributed by atoms with van der Waals surface area (Å²) in [6.45, 7) is 0.112. The van der Waals surface area contributed by atoms with E-state index in [0.717, 1.165) is 5.56 Å². The Bertz CT molecular complexity index is 590. The molecule has 1 unspecified atom stereocenters. The second-order valence-electron chi connectivity index (χ2n) is 4.01. The molecule has 0 spiro atoms. The lowest BCUT2D eigenvalue weighted by Gasteiger charge is -2.12. The van der Waals surface area contributed by atoms with E-state index in [9.17, 15) is 9.90 Å². The molecule has 0 saturated carbocycles. The Balaban J connectivity index is 1.88. The minimum absolute atomic E-state index is 0.112. The number of nitrogens with one attached hydrogen (secondary N) is 2. The number of carbonyl (C=O) groups is 1. The molecule has 1 atom stereocenters. The van der Waals surface area contributed by atoms with Crippen LogP contribution in [-0.4, -0.2) is 17.7 Å². The number of thiophene rings is 1. The fourth-order valence-corrected chi connectivity index (χ4v) is 2.59. The van der Waals surface area contributed by atoms with Crippen LogP contribution in [0, 0.1) is 0 Å². The topological polar surface area (TPSA) is 61.4 Å². The maximum atomic E-state index is 11.7. The SMILES string of the molecule is O=C(NCC(O)c1ccsc1)Nc1cccc(Cl)c1Cl. The third kappa shape index (κ3) is 3.86. The molecular formula is C13H12Cl2N2O2S. The van der Waals surface area contributed by atoms with Crippen molar-refractivity contribution in [3.8, 4) is 0 Å². The van der Waals surface area contributed by atoms with Gasteiger partial charge in [0.25, 0.3) is 0 Å². The number of benzene rings is 1. The lowest BCUT2D eigenvalue weighted by atomic mass is 10.2. The minimum Gasteiger partial charge on any atom is -0.387 e. The number of urea groups is 1. The molecule has 0 aliphatic carbocycles. The molecule has 2 amide bonds. The van der Waals surface area contributed by atoms with Crippen LogP contribution in [0.1, 0.15) is 11.7 Å². The van der Waals surface area contributed by atoms with Gasteiger partial charge in [-0.1, -0.05) is 29.3 Å². The number of halogens is 2. The van der Waals surface area contributed by atoms with E-state index in [1.165, 1.54) is 11.3 Å². The van der Waals surface area contributed by atoms with Crippen molar-refractivity contribution in [2.75, 3.05) is 11.9 Å². The smallest absolute Gasteiger partial charge is 0.319 e. The van der Waals surface area contributed by atoms with Gasteiger partial charge in [0.1, 0.15) is 0 Å². The van der Waals surface area contributed by atoms with Crippen LogP contribution in [0.4, 0.5) is 10.5 Å². The highest BCUT2D eigenvalue weighted by Gasteiger charge is 2.11. The lowest BCUT2D eigenvalue weighted by Crippen LogP contribution is -2.32. The summed E-state index contributed by atoms with van der Waals surface area (Å²) < 4.78 is 0. The molecule has 2 rings (SSSR count). The predicted molar refractivity (Wildman–Crippen MR) is 82.8 cm³/mol. The van der Waals surface area contributed by atoms with Crippen LogP contribution in [-0.2, 0) is 0 Å². The zero-order valence-corrected chi connectivity index (χ0v) is 12.6. The quantitative estimate of drug-likeness (QED) is 0.795. The van der Waals surface area contributed by atoms with Gasteiger partial charge >= 0.3 is 6.03 Å². The molecule has 2 aromatic rings. The standard InChI is InChI=1S/C13H12Cl2N2O2S/c14-9-2-1-3-10(12(9)15)17-13(19)16-6-11(18)8-4-5-20-7-8/h1-5,7,11,18H,6H2,(H2,16,17,19). The molecule has 0 fully saturated rings.